The first-order valence-corrected chi connectivity index (χ1v) is 5.02. The van der Waals surface area contributed by atoms with Crippen LogP contribution in [0.5, 0.6) is 0 Å². The van der Waals surface area contributed by atoms with Crippen molar-refractivity contribution in [3.05, 3.63) is 35.9 Å². The van der Waals surface area contributed by atoms with Gasteiger partial charge in [-0.25, -0.2) is 0 Å². The van der Waals surface area contributed by atoms with Gasteiger partial charge >= 0.3 is 5.97 Å². The summed E-state index contributed by atoms with van der Waals surface area (Å²) in [6.07, 6.45) is 2.38. The van der Waals surface area contributed by atoms with Crippen molar-refractivity contribution in [2.24, 2.45) is 0 Å². The predicted octanol–water partition coefficient (Wildman–Crippen LogP) is 2.57. The summed E-state index contributed by atoms with van der Waals surface area (Å²) < 4.78 is 5.05. The van der Waals surface area contributed by atoms with Crippen molar-refractivity contribution < 1.29 is 31.2 Å². The Morgan fingerprint density at radius 3 is 2.53 bits per heavy atom. The van der Waals surface area contributed by atoms with Crippen LogP contribution in [0.15, 0.2) is 30.3 Å². The normalized spacial score (nSPS) is 9.13. The summed E-state index contributed by atoms with van der Waals surface area (Å²) in [6, 6.07) is 9.65. The molecule has 0 bridgehead atoms. The molecule has 3 heteroatoms. The Morgan fingerprint density at radius 1 is 1.27 bits per heavy atom. The molecule has 0 saturated heterocycles. The topological polar surface area (TPSA) is 26.3 Å². The van der Waals surface area contributed by atoms with Gasteiger partial charge in [-0.2, -0.15) is 0 Å². The summed E-state index contributed by atoms with van der Waals surface area (Å²) >= 11 is 0. The fourth-order valence-electron chi connectivity index (χ4n) is 1.14. The number of esters is 1. The number of benzene rings is 1. The minimum absolute atomic E-state index is 0. The first kappa shape index (κ1) is 14.4. The van der Waals surface area contributed by atoms with Gasteiger partial charge in [0, 0.05) is 21.7 Å². The van der Waals surface area contributed by atoms with Crippen LogP contribution in [0, 0.1) is 0 Å². The molecule has 0 unspecified atom stereocenters. The Labute approximate surface area is 106 Å². The smallest absolute Gasteiger partial charge is 0.310 e. The Balaban J connectivity index is 0.00000196. The van der Waals surface area contributed by atoms with Crippen molar-refractivity contribution in [1.82, 2.24) is 0 Å². The fraction of sp³-hybridized carbons (Fsp3) is 0.417. The van der Waals surface area contributed by atoms with Gasteiger partial charge in [0.25, 0.3) is 0 Å². The Morgan fingerprint density at radius 2 is 1.93 bits per heavy atom. The van der Waals surface area contributed by atoms with E-state index in [1.807, 2.05) is 30.3 Å². The second-order valence-electron chi connectivity index (χ2n) is 3.24. The van der Waals surface area contributed by atoms with Gasteiger partial charge in [-0.05, 0) is 12.0 Å². The molecule has 0 heterocycles. The Bertz CT molecular complexity index is 272. The number of rotatable bonds is 5. The monoisotopic (exact) mass is 240 g/mol. The first-order valence-electron chi connectivity index (χ1n) is 5.02. The van der Waals surface area contributed by atoms with Crippen LogP contribution in [0.4, 0.5) is 0 Å². The average molecular weight is 240 g/mol. The van der Waals surface area contributed by atoms with Gasteiger partial charge in [0.1, 0.15) is 0 Å². The van der Waals surface area contributed by atoms with E-state index in [0.717, 1.165) is 18.4 Å². The third kappa shape index (κ3) is 6.48. The summed E-state index contributed by atoms with van der Waals surface area (Å²) in [6.45, 7) is 2.62. The van der Waals surface area contributed by atoms with Gasteiger partial charge < -0.3 is 4.74 Å². The first-order chi connectivity index (χ1) is 6.83. The van der Waals surface area contributed by atoms with Crippen LogP contribution in [0.1, 0.15) is 25.3 Å². The summed E-state index contributed by atoms with van der Waals surface area (Å²) in [4.78, 5) is 11.3. The standard InChI is InChI=1S/C12H16O2.Ti/c1-2-3-9-14-12(13)10-11-7-5-4-6-8-11;/h4-8H,2-3,9-10H2,1H3;. The minimum atomic E-state index is -0.135. The van der Waals surface area contributed by atoms with E-state index < -0.39 is 0 Å². The van der Waals surface area contributed by atoms with Gasteiger partial charge in [0.15, 0.2) is 0 Å². The molecule has 1 aromatic rings. The van der Waals surface area contributed by atoms with Crippen LogP contribution in [0.3, 0.4) is 0 Å². The molecule has 15 heavy (non-hydrogen) atoms. The number of unbranched alkanes of at least 4 members (excludes halogenated alkanes) is 1. The fourth-order valence-corrected chi connectivity index (χ4v) is 1.14. The van der Waals surface area contributed by atoms with Crippen LogP contribution in [0.25, 0.3) is 0 Å². The molecule has 1 rings (SSSR count). The summed E-state index contributed by atoms with van der Waals surface area (Å²) in [5.74, 6) is -0.135. The molecule has 1 aromatic carbocycles. The van der Waals surface area contributed by atoms with Crippen molar-refractivity contribution in [2.45, 2.75) is 26.2 Å². The SMILES string of the molecule is CCCCOC(=O)Cc1ccccc1.[Ti]. The molecule has 0 radical (unpaired) electrons. The summed E-state index contributed by atoms with van der Waals surface area (Å²) in [5.41, 5.74) is 1.01. The largest absolute Gasteiger partial charge is 0.465 e. The molecule has 0 spiro atoms. The average Bonchev–Trinajstić information content (AvgIpc) is 2.20. The molecule has 2 nitrogen and oxygen atoms in total. The van der Waals surface area contributed by atoms with Crippen LogP contribution in [-0.2, 0) is 37.7 Å². The predicted molar refractivity (Wildman–Crippen MR) is 56.0 cm³/mol. The van der Waals surface area contributed by atoms with Crippen molar-refractivity contribution >= 4 is 5.97 Å². The number of carbonyl (C=O) groups excluding carboxylic acids is 1. The molecule has 0 aliphatic heterocycles. The molecule has 0 fully saturated rings. The third-order valence-electron chi connectivity index (χ3n) is 1.95. The van der Waals surface area contributed by atoms with Crippen LogP contribution in [0.2, 0.25) is 0 Å². The van der Waals surface area contributed by atoms with Gasteiger partial charge in [-0.1, -0.05) is 43.7 Å². The van der Waals surface area contributed by atoms with Crippen molar-refractivity contribution in [1.29, 1.82) is 0 Å². The van der Waals surface area contributed by atoms with Gasteiger partial charge in [-0.3, -0.25) is 4.79 Å². The van der Waals surface area contributed by atoms with Crippen LogP contribution >= 0.6 is 0 Å². The zero-order valence-electron chi connectivity index (χ0n) is 9.03. The zero-order valence-corrected chi connectivity index (χ0v) is 10.6. The molecule has 0 amide bonds. The maximum absolute atomic E-state index is 11.3. The third-order valence-corrected chi connectivity index (χ3v) is 1.95. The van der Waals surface area contributed by atoms with E-state index in [0.29, 0.717) is 13.0 Å². The van der Waals surface area contributed by atoms with E-state index in [-0.39, 0.29) is 27.7 Å². The van der Waals surface area contributed by atoms with Crippen molar-refractivity contribution in [3.8, 4) is 0 Å². The number of ether oxygens (including phenoxy) is 1. The maximum atomic E-state index is 11.3. The van der Waals surface area contributed by atoms with Gasteiger partial charge in [0.2, 0.25) is 0 Å². The second-order valence-corrected chi connectivity index (χ2v) is 3.24. The van der Waals surface area contributed by atoms with E-state index in [1.54, 1.807) is 0 Å². The van der Waals surface area contributed by atoms with E-state index >= 15 is 0 Å². The quantitative estimate of drug-likeness (QED) is 0.449. The molecular formula is C12H16O2Ti. The molecule has 0 aromatic heterocycles. The molecule has 80 valence electrons. The van der Waals surface area contributed by atoms with Crippen LogP contribution in [-0.4, -0.2) is 12.6 Å². The van der Waals surface area contributed by atoms with E-state index in [4.69, 9.17) is 4.74 Å². The number of carbonyl (C=O) groups is 1. The van der Waals surface area contributed by atoms with E-state index in [9.17, 15) is 4.79 Å². The van der Waals surface area contributed by atoms with Crippen molar-refractivity contribution in [2.75, 3.05) is 6.61 Å². The Hall–Kier alpha value is -0.596. The van der Waals surface area contributed by atoms with Crippen LogP contribution < -0.4 is 0 Å². The molecule has 0 atom stereocenters. The van der Waals surface area contributed by atoms with Crippen molar-refractivity contribution in [3.63, 3.8) is 0 Å². The summed E-state index contributed by atoms with van der Waals surface area (Å²) in [7, 11) is 0. The maximum Gasteiger partial charge on any atom is 0.310 e. The second kappa shape index (κ2) is 8.69. The molecule has 0 aliphatic rings. The van der Waals surface area contributed by atoms with Gasteiger partial charge in [-0.15, -0.1) is 0 Å². The van der Waals surface area contributed by atoms with E-state index in [1.165, 1.54) is 0 Å². The molecule has 0 aliphatic carbocycles. The molecule has 0 saturated carbocycles. The minimum Gasteiger partial charge on any atom is -0.465 e. The zero-order chi connectivity index (χ0) is 10.2. The van der Waals surface area contributed by atoms with E-state index in [2.05, 4.69) is 6.92 Å². The molecule has 0 N–H and O–H groups in total. The summed E-state index contributed by atoms with van der Waals surface area (Å²) in [5, 5.41) is 0. The Kier molecular flexibility index (Phi) is 8.35. The molecular weight excluding hydrogens is 224 g/mol. The van der Waals surface area contributed by atoms with Gasteiger partial charge in [0.05, 0.1) is 13.0 Å². The number of hydrogen-bond acceptors (Lipinski definition) is 2. The number of hydrogen-bond donors (Lipinski definition) is 0.